The van der Waals surface area contributed by atoms with Gasteiger partial charge in [-0.15, -0.1) is 0 Å². The summed E-state index contributed by atoms with van der Waals surface area (Å²) in [5, 5.41) is 0. The molecule has 1 atom stereocenters. The van der Waals surface area contributed by atoms with E-state index in [1.54, 1.807) is 0 Å². The van der Waals surface area contributed by atoms with E-state index in [4.69, 9.17) is 4.55 Å². The lowest BCUT2D eigenvalue weighted by molar-refractivity contribution is 0.169. The molecule has 1 saturated heterocycles. The van der Waals surface area contributed by atoms with Gasteiger partial charge in [-0.2, -0.15) is 8.42 Å². The van der Waals surface area contributed by atoms with Gasteiger partial charge in [0.2, 0.25) is 0 Å². The van der Waals surface area contributed by atoms with Gasteiger partial charge in [-0.1, -0.05) is 46.0 Å². The molecule has 0 aromatic carbocycles. The van der Waals surface area contributed by atoms with E-state index in [0.29, 0.717) is 6.26 Å². The van der Waals surface area contributed by atoms with Gasteiger partial charge in [0.05, 0.1) is 6.26 Å². The molecule has 0 amide bonds. The molecule has 20 heavy (non-hydrogen) atoms. The number of nitrogens with zero attached hydrogens (tertiary/aromatic N) is 1. The van der Waals surface area contributed by atoms with E-state index in [9.17, 15) is 8.42 Å². The highest BCUT2D eigenvalue weighted by molar-refractivity contribution is 7.85. The number of piperidine rings is 1. The van der Waals surface area contributed by atoms with Gasteiger partial charge in [0.15, 0.2) is 0 Å². The highest BCUT2D eigenvalue weighted by Gasteiger charge is 2.17. The molecule has 1 rings (SSSR count). The van der Waals surface area contributed by atoms with Crippen molar-refractivity contribution in [3.8, 4) is 0 Å². The fourth-order valence-corrected chi connectivity index (χ4v) is 2.63. The highest BCUT2D eigenvalue weighted by Crippen LogP contribution is 2.19. The van der Waals surface area contributed by atoms with Crippen molar-refractivity contribution >= 4 is 10.1 Å². The number of hydrogen-bond donors (Lipinski definition) is 1. The second-order valence-corrected chi connectivity index (χ2v) is 7.33. The molecule has 1 fully saturated rings. The van der Waals surface area contributed by atoms with Crippen LogP contribution in [0.15, 0.2) is 0 Å². The lowest BCUT2D eigenvalue weighted by Gasteiger charge is -2.32. The summed E-state index contributed by atoms with van der Waals surface area (Å²) >= 11 is 0. The van der Waals surface area contributed by atoms with E-state index in [1.165, 1.54) is 71.0 Å². The number of unbranched alkanes of at least 4 members (excludes halogenated alkanes) is 4. The molecule has 0 aromatic heterocycles. The Balaban J connectivity index is 0.000000621. The van der Waals surface area contributed by atoms with Crippen molar-refractivity contribution in [1.29, 1.82) is 0 Å². The smallest absolute Gasteiger partial charge is 0.261 e. The van der Waals surface area contributed by atoms with Crippen LogP contribution in [-0.4, -0.2) is 43.8 Å². The van der Waals surface area contributed by atoms with Gasteiger partial charge >= 0.3 is 0 Å². The molecular weight excluding hydrogens is 274 g/mol. The average Bonchev–Trinajstić information content (AvgIpc) is 2.37. The van der Waals surface area contributed by atoms with Crippen LogP contribution in [0.25, 0.3) is 0 Å². The monoisotopic (exact) mass is 307 g/mol. The van der Waals surface area contributed by atoms with E-state index in [1.807, 2.05) is 0 Å². The average molecular weight is 308 g/mol. The zero-order valence-electron chi connectivity index (χ0n) is 13.5. The van der Waals surface area contributed by atoms with E-state index < -0.39 is 10.1 Å². The summed E-state index contributed by atoms with van der Waals surface area (Å²) in [5.74, 6) is 0.995. The summed E-state index contributed by atoms with van der Waals surface area (Å²) in [4.78, 5) is 2.70. The van der Waals surface area contributed by atoms with Gasteiger partial charge in [0.1, 0.15) is 0 Å². The number of hydrogen-bond acceptors (Lipinski definition) is 3. The van der Waals surface area contributed by atoms with Crippen molar-refractivity contribution < 1.29 is 13.0 Å². The summed E-state index contributed by atoms with van der Waals surface area (Å²) in [6, 6.07) is 0. The first-order valence-corrected chi connectivity index (χ1v) is 9.86. The predicted molar refractivity (Wildman–Crippen MR) is 85.7 cm³/mol. The minimum absolute atomic E-state index is 0.715. The van der Waals surface area contributed by atoms with Crippen LogP contribution in [0.5, 0.6) is 0 Å². The summed E-state index contributed by atoms with van der Waals surface area (Å²) in [7, 11) is -3.67. The van der Waals surface area contributed by atoms with Crippen LogP contribution in [0.1, 0.15) is 65.2 Å². The van der Waals surface area contributed by atoms with Crippen LogP contribution in [0, 0.1) is 5.92 Å². The number of rotatable bonds is 7. The normalized spacial score (nSPS) is 20.3. The van der Waals surface area contributed by atoms with Gasteiger partial charge in [-0.25, -0.2) is 0 Å². The van der Waals surface area contributed by atoms with Crippen molar-refractivity contribution in [3.63, 3.8) is 0 Å². The summed E-state index contributed by atoms with van der Waals surface area (Å²) in [6.07, 6.45) is 12.1. The Bertz CT molecular complexity index is 309. The van der Waals surface area contributed by atoms with E-state index >= 15 is 0 Å². The quantitative estimate of drug-likeness (QED) is 0.577. The van der Waals surface area contributed by atoms with Crippen LogP contribution in [0.2, 0.25) is 0 Å². The second-order valence-electron chi connectivity index (χ2n) is 5.86. The molecule has 122 valence electrons. The minimum atomic E-state index is -3.67. The first-order valence-electron chi connectivity index (χ1n) is 8.01. The van der Waals surface area contributed by atoms with Gasteiger partial charge in [0, 0.05) is 6.54 Å². The molecular formula is C15H33NO3S. The van der Waals surface area contributed by atoms with Crippen molar-refractivity contribution in [2.45, 2.75) is 65.2 Å². The van der Waals surface area contributed by atoms with Crippen LogP contribution in [-0.2, 0) is 10.1 Å². The van der Waals surface area contributed by atoms with E-state index in [-0.39, 0.29) is 0 Å². The topological polar surface area (TPSA) is 57.6 Å². The maximum absolute atomic E-state index is 9.19. The SMILES string of the molecule is CCCCCCCN1CCCC(CC)C1.CS(=O)(=O)O. The van der Waals surface area contributed by atoms with Crippen molar-refractivity contribution in [1.82, 2.24) is 4.90 Å². The molecule has 0 radical (unpaired) electrons. The molecule has 1 aliphatic heterocycles. The molecule has 1 unspecified atom stereocenters. The molecule has 1 aliphatic rings. The van der Waals surface area contributed by atoms with E-state index in [0.717, 1.165) is 5.92 Å². The zero-order valence-corrected chi connectivity index (χ0v) is 14.3. The molecule has 0 aromatic rings. The van der Waals surface area contributed by atoms with E-state index in [2.05, 4.69) is 18.7 Å². The molecule has 4 nitrogen and oxygen atoms in total. The molecule has 0 bridgehead atoms. The molecule has 1 N–H and O–H groups in total. The molecule has 0 spiro atoms. The van der Waals surface area contributed by atoms with Gasteiger partial charge in [0.25, 0.3) is 10.1 Å². The first kappa shape index (κ1) is 19.9. The fraction of sp³-hybridized carbons (Fsp3) is 1.00. The summed E-state index contributed by atoms with van der Waals surface area (Å²) in [5.41, 5.74) is 0. The summed E-state index contributed by atoms with van der Waals surface area (Å²) < 4.78 is 25.9. The van der Waals surface area contributed by atoms with Crippen LogP contribution >= 0.6 is 0 Å². The third-order valence-electron chi connectivity index (χ3n) is 3.76. The minimum Gasteiger partial charge on any atom is -0.303 e. The Morgan fingerprint density at radius 2 is 1.75 bits per heavy atom. The Morgan fingerprint density at radius 1 is 1.15 bits per heavy atom. The predicted octanol–water partition coefficient (Wildman–Crippen LogP) is 3.58. The van der Waals surface area contributed by atoms with Crippen molar-refractivity contribution in [2.24, 2.45) is 5.92 Å². The van der Waals surface area contributed by atoms with Crippen LogP contribution < -0.4 is 0 Å². The Labute approximate surface area is 125 Å². The molecule has 5 heteroatoms. The second kappa shape index (κ2) is 11.5. The standard InChI is InChI=1S/C14H29N.CH4O3S/c1-3-5-6-7-8-11-15-12-9-10-14(4-2)13-15;1-5(2,3)4/h14H,3-13H2,1-2H3;1H3,(H,2,3,4). The summed E-state index contributed by atoms with van der Waals surface area (Å²) in [6.45, 7) is 8.74. The molecule has 0 saturated carbocycles. The molecule has 1 heterocycles. The lowest BCUT2D eigenvalue weighted by Crippen LogP contribution is -2.35. The van der Waals surface area contributed by atoms with Gasteiger partial charge < -0.3 is 4.90 Å². The molecule has 0 aliphatic carbocycles. The third-order valence-corrected chi connectivity index (χ3v) is 3.76. The van der Waals surface area contributed by atoms with Crippen LogP contribution in [0.3, 0.4) is 0 Å². The maximum atomic E-state index is 9.19. The van der Waals surface area contributed by atoms with Gasteiger partial charge in [-0.05, 0) is 38.3 Å². The largest absolute Gasteiger partial charge is 0.303 e. The highest BCUT2D eigenvalue weighted by atomic mass is 32.2. The first-order chi connectivity index (χ1) is 9.36. The lowest BCUT2D eigenvalue weighted by atomic mass is 9.95. The van der Waals surface area contributed by atoms with Crippen molar-refractivity contribution in [3.05, 3.63) is 0 Å². The zero-order chi connectivity index (χ0) is 15.4. The maximum Gasteiger partial charge on any atom is 0.261 e. The Morgan fingerprint density at radius 3 is 2.30 bits per heavy atom. The Hall–Kier alpha value is -0.130. The van der Waals surface area contributed by atoms with Gasteiger partial charge in [-0.3, -0.25) is 4.55 Å². The Kier molecular flexibility index (Phi) is 11.4. The fourth-order valence-electron chi connectivity index (χ4n) is 2.63. The van der Waals surface area contributed by atoms with Crippen molar-refractivity contribution in [2.75, 3.05) is 25.9 Å². The number of likely N-dealkylation sites (tertiary alicyclic amines) is 1. The van der Waals surface area contributed by atoms with Crippen LogP contribution in [0.4, 0.5) is 0 Å². The third kappa shape index (κ3) is 14.3.